The molecule has 0 aliphatic carbocycles. The van der Waals surface area contributed by atoms with Gasteiger partial charge in [-0.3, -0.25) is 0 Å². The van der Waals surface area contributed by atoms with Gasteiger partial charge in [-0.05, 0) is 30.2 Å². The summed E-state index contributed by atoms with van der Waals surface area (Å²) in [5.74, 6) is 3.11. The zero-order valence-corrected chi connectivity index (χ0v) is 14.7. The zero-order valence-electron chi connectivity index (χ0n) is 13.0. The summed E-state index contributed by atoms with van der Waals surface area (Å²) < 4.78 is 11.8. The smallest absolute Gasteiger partial charge is 0.206 e. The summed E-state index contributed by atoms with van der Waals surface area (Å²) in [4.78, 5) is 0. The number of thioether (sulfide) groups is 1. The Labute approximate surface area is 139 Å². The van der Waals surface area contributed by atoms with Gasteiger partial charge in [0.15, 0.2) is 4.34 Å². The zero-order chi connectivity index (χ0) is 15.8. The van der Waals surface area contributed by atoms with Crippen LogP contribution < -0.4 is 14.8 Å². The van der Waals surface area contributed by atoms with Crippen LogP contribution in [0.15, 0.2) is 28.6 Å². The maximum atomic E-state index is 5.68. The summed E-state index contributed by atoms with van der Waals surface area (Å²) in [7, 11) is 1.65. The van der Waals surface area contributed by atoms with Crippen LogP contribution in [-0.4, -0.2) is 36.2 Å². The molecule has 2 aromatic rings. The lowest BCUT2D eigenvalue weighted by molar-refractivity contribution is 0.342. The van der Waals surface area contributed by atoms with E-state index in [2.05, 4.69) is 29.4 Å². The van der Waals surface area contributed by atoms with Crippen molar-refractivity contribution in [1.29, 1.82) is 0 Å². The fourth-order valence-corrected chi connectivity index (χ4v) is 3.24. The Kier molecular flexibility index (Phi) is 6.79. The van der Waals surface area contributed by atoms with Gasteiger partial charge >= 0.3 is 0 Å². The SMILES string of the molecule is COc1ccc(OCCSc2nnc(NCC(C)C)s2)cc1. The maximum Gasteiger partial charge on any atom is 0.206 e. The number of nitrogens with zero attached hydrogens (tertiary/aromatic N) is 2. The van der Waals surface area contributed by atoms with Crippen molar-refractivity contribution in [3.8, 4) is 11.5 Å². The summed E-state index contributed by atoms with van der Waals surface area (Å²) in [6, 6.07) is 7.59. The molecular formula is C15H21N3O2S2. The van der Waals surface area contributed by atoms with E-state index in [1.807, 2.05) is 24.3 Å². The van der Waals surface area contributed by atoms with Crippen molar-refractivity contribution < 1.29 is 9.47 Å². The van der Waals surface area contributed by atoms with Crippen LogP contribution in [0.4, 0.5) is 5.13 Å². The predicted octanol–water partition coefficient (Wildman–Crippen LogP) is 3.79. The molecule has 0 fully saturated rings. The number of ether oxygens (including phenoxy) is 2. The molecule has 1 heterocycles. The minimum absolute atomic E-state index is 0.595. The van der Waals surface area contributed by atoms with Gasteiger partial charge in [0.25, 0.3) is 0 Å². The van der Waals surface area contributed by atoms with Gasteiger partial charge in [0.2, 0.25) is 5.13 Å². The molecule has 1 N–H and O–H groups in total. The van der Waals surface area contributed by atoms with E-state index in [0.717, 1.165) is 33.3 Å². The summed E-state index contributed by atoms with van der Waals surface area (Å²) in [6.45, 7) is 5.88. The van der Waals surface area contributed by atoms with Gasteiger partial charge in [-0.15, -0.1) is 10.2 Å². The normalized spacial score (nSPS) is 10.7. The van der Waals surface area contributed by atoms with Crippen molar-refractivity contribution in [2.24, 2.45) is 5.92 Å². The molecule has 0 spiro atoms. The monoisotopic (exact) mass is 339 g/mol. The van der Waals surface area contributed by atoms with E-state index in [1.165, 1.54) is 0 Å². The highest BCUT2D eigenvalue weighted by Gasteiger charge is 2.05. The lowest BCUT2D eigenvalue weighted by atomic mass is 10.2. The fraction of sp³-hybridized carbons (Fsp3) is 0.467. The second-order valence-corrected chi connectivity index (χ2v) is 7.34. The molecule has 120 valence electrons. The maximum absolute atomic E-state index is 5.68. The van der Waals surface area contributed by atoms with Crippen molar-refractivity contribution >= 4 is 28.2 Å². The molecule has 0 atom stereocenters. The van der Waals surface area contributed by atoms with Crippen molar-refractivity contribution in [2.75, 3.05) is 31.3 Å². The topological polar surface area (TPSA) is 56.3 Å². The van der Waals surface area contributed by atoms with Gasteiger partial charge in [0.05, 0.1) is 13.7 Å². The molecule has 1 aromatic heterocycles. The van der Waals surface area contributed by atoms with Crippen molar-refractivity contribution in [3.63, 3.8) is 0 Å². The number of methoxy groups -OCH3 is 1. The first-order valence-corrected chi connectivity index (χ1v) is 8.94. The standard InChI is InChI=1S/C15H21N3O2S2/c1-11(2)10-16-14-17-18-15(22-14)21-9-8-20-13-6-4-12(19-3)5-7-13/h4-7,11H,8-10H2,1-3H3,(H,16,17). The molecule has 0 saturated carbocycles. The Morgan fingerprint density at radius 2 is 1.91 bits per heavy atom. The Morgan fingerprint density at radius 3 is 2.59 bits per heavy atom. The Bertz CT molecular complexity index is 558. The first-order chi connectivity index (χ1) is 10.7. The molecule has 2 rings (SSSR count). The van der Waals surface area contributed by atoms with Crippen molar-refractivity contribution in [2.45, 2.75) is 18.2 Å². The van der Waals surface area contributed by atoms with Gasteiger partial charge in [0, 0.05) is 12.3 Å². The van der Waals surface area contributed by atoms with Crippen molar-refractivity contribution in [3.05, 3.63) is 24.3 Å². The van der Waals surface area contributed by atoms with E-state index in [1.54, 1.807) is 30.2 Å². The molecule has 1 aromatic carbocycles. The number of anilines is 1. The van der Waals surface area contributed by atoms with Gasteiger partial charge < -0.3 is 14.8 Å². The lowest BCUT2D eigenvalue weighted by Crippen LogP contribution is -2.07. The molecule has 22 heavy (non-hydrogen) atoms. The molecule has 7 heteroatoms. The van der Waals surface area contributed by atoms with Crippen LogP contribution in [0.1, 0.15) is 13.8 Å². The van der Waals surface area contributed by atoms with E-state index in [4.69, 9.17) is 9.47 Å². The lowest BCUT2D eigenvalue weighted by Gasteiger charge is -2.06. The number of rotatable bonds is 9. The molecule has 0 amide bonds. The Hall–Kier alpha value is -1.47. The predicted molar refractivity (Wildman–Crippen MR) is 92.4 cm³/mol. The molecule has 5 nitrogen and oxygen atoms in total. The molecule has 0 aliphatic rings. The molecule has 0 radical (unpaired) electrons. The quantitative estimate of drug-likeness (QED) is 0.554. The highest BCUT2D eigenvalue weighted by molar-refractivity contribution is 8.01. The van der Waals surface area contributed by atoms with Crippen LogP contribution in [0.25, 0.3) is 0 Å². The van der Waals surface area contributed by atoms with Gasteiger partial charge in [-0.2, -0.15) is 0 Å². The highest BCUT2D eigenvalue weighted by Crippen LogP contribution is 2.25. The first-order valence-electron chi connectivity index (χ1n) is 7.14. The third kappa shape index (κ3) is 5.73. The van der Waals surface area contributed by atoms with Gasteiger partial charge in [-0.25, -0.2) is 0 Å². The summed E-state index contributed by atoms with van der Waals surface area (Å²) in [5, 5.41) is 12.4. The molecule has 0 unspecified atom stereocenters. The third-order valence-corrected chi connectivity index (χ3v) is 4.68. The van der Waals surface area contributed by atoms with Crippen molar-refractivity contribution in [1.82, 2.24) is 10.2 Å². The Balaban J connectivity index is 1.67. The number of nitrogens with one attached hydrogen (secondary N) is 1. The highest BCUT2D eigenvalue weighted by atomic mass is 32.2. The molecule has 0 bridgehead atoms. The van der Waals surface area contributed by atoms with E-state index < -0.39 is 0 Å². The van der Waals surface area contributed by atoms with Gasteiger partial charge in [0.1, 0.15) is 11.5 Å². The number of aromatic nitrogens is 2. The van der Waals surface area contributed by atoms with Crippen LogP contribution >= 0.6 is 23.1 Å². The summed E-state index contributed by atoms with van der Waals surface area (Å²) in [5.41, 5.74) is 0. The van der Waals surface area contributed by atoms with Gasteiger partial charge in [-0.1, -0.05) is 36.9 Å². The van der Waals surface area contributed by atoms with Crippen LogP contribution in [0.3, 0.4) is 0 Å². The van der Waals surface area contributed by atoms with E-state index in [-0.39, 0.29) is 0 Å². The van der Waals surface area contributed by atoms with Crippen LogP contribution in [0, 0.1) is 5.92 Å². The minimum Gasteiger partial charge on any atom is -0.497 e. The minimum atomic E-state index is 0.595. The summed E-state index contributed by atoms with van der Waals surface area (Å²) >= 11 is 3.24. The van der Waals surface area contributed by atoms with E-state index in [9.17, 15) is 0 Å². The average Bonchev–Trinajstić information content (AvgIpc) is 2.98. The first kappa shape index (κ1) is 16.9. The molecular weight excluding hydrogens is 318 g/mol. The number of hydrogen-bond acceptors (Lipinski definition) is 7. The van der Waals surface area contributed by atoms with Crippen LogP contribution in [0.5, 0.6) is 11.5 Å². The Morgan fingerprint density at radius 1 is 1.18 bits per heavy atom. The average molecular weight is 339 g/mol. The second-order valence-electron chi connectivity index (χ2n) is 5.02. The van der Waals surface area contributed by atoms with E-state index in [0.29, 0.717) is 12.5 Å². The van der Waals surface area contributed by atoms with Crippen LogP contribution in [-0.2, 0) is 0 Å². The number of hydrogen-bond donors (Lipinski definition) is 1. The molecule has 0 aliphatic heterocycles. The second kappa shape index (κ2) is 8.85. The number of benzene rings is 1. The molecule has 0 saturated heterocycles. The fourth-order valence-electron chi connectivity index (χ4n) is 1.59. The third-order valence-electron chi connectivity index (χ3n) is 2.71. The van der Waals surface area contributed by atoms with E-state index >= 15 is 0 Å². The largest absolute Gasteiger partial charge is 0.497 e. The van der Waals surface area contributed by atoms with Crippen LogP contribution in [0.2, 0.25) is 0 Å². The summed E-state index contributed by atoms with van der Waals surface area (Å²) in [6.07, 6.45) is 0.